The highest BCUT2D eigenvalue weighted by Crippen LogP contribution is 2.23. The van der Waals surface area contributed by atoms with E-state index in [1.807, 2.05) is 12.1 Å². The molecular weight excluding hydrogens is 146 g/mol. The van der Waals surface area contributed by atoms with Gasteiger partial charge in [0.05, 0.1) is 0 Å². The Labute approximate surface area is 71.6 Å². The van der Waals surface area contributed by atoms with Crippen molar-refractivity contribution in [3.8, 4) is 17.9 Å². The molecular formula is C11H7N. The standard InChI is InChI=1S/C11H7N/c12-7-1-2-9-3-4-10-5-6-11(10)8-9/h3-4,8H,5-6H2. The van der Waals surface area contributed by atoms with Gasteiger partial charge in [0, 0.05) is 11.5 Å². The number of nitriles is 1. The molecule has 0 N–H and O–H groups in total. The monoisotopic (exact) mass is 153 g/mol. The normalized spacial score (nSPS) is 11.6. The van der Waals surface area contributed by atoms with E-state index in [9.17, 15) is 0 Å². The van der Waals surface area contributed by atoms with Crippen LogP contribution in [0.3, 0.4) is 0 Å². The highest BCUT2D eigenvalue weighted by atomic mass is 14.2. The number of hydrogen-bond acceptors (Lipinski definition) is 1. The number of benzene rings is 1. The van der Waals surface area contributed by atoms with Crippen molar-refractivity contribution in [2.45, 2.75) is 12.8 Å². The third-order valence-corrected chi connectivity index (χ3v) is 2.13. The lowest BCUT2D eigenvalue weighted by molar-refractivity contribution is 0.839. The Morgan fingerprint density at radius 1 is 1.17 bits per heavy atom. The van der Waals surface area contributed by atoms with E-state index in [4.69, 9.17) is 5.26 Å². The summed E-state index contributed by atoms with van der Waals surface area (Å²) in [7, 11) is 0. The Morgan fingerprint density at radius 2 is 2.00 bits per heavy atom. The molecule has 0 unspecified atom stereocenters. The Kier molecular flexibility index (Phi) is 1.57. The van der Waals surface area contributed by atoms with Crippen molar-refractivity contribution in [3.05, 3.63) is 34.9 Å². The van der Waals surface area contributed by atoms with Crippen LogP contribution in [0.1, 0.15) is 16.7 Å². The van der Waals surface area contributed by atoms with Gasteiger partial charge in [-0.25, -0.2) is 0 Å². The van der Waals surface area contributed by atoms with Gasteiger partial charge in [0.15, 0.2) is 6.07 Å². The van der Waals surface area contributed by atoms with Crippen LogP contribution in [0, 0.1) is 23.2 Å². The molecule has 1 nitrogen and oxygen atoms in total. The van der Waals surface area contributed by atoms with Crippen molar-refractivity contribution < 1.29 is 0 Å². The first-order chi connectivity index (χ1) is 5.90. The predicted octanol–water partition coefficient (Wildman–Crippen LogP) is 1.66. The minimum Gasteiger partial charge on any atom is -0.183 e. The molecule has 12 heavy (non-hydrogen) atoms. The van der Waals surface area contributed by atoms with Crippen molar-refractivity contribution in [1.29, 1.82) is 5.26 Å². The summed E-state index contributed by atoms with van der Waals surface area (Å²) < 4.78 is 0. The van der Waals surface area contributed by atoms with Crippen LogP contribution in [-0.4, -0.2) is 0 Å². The first-order valence-corrected chi connectivity index (χ1v) is 3.92. The zero-order valence-electron chi connectivity index (χ0n) is 6.59. The highest BCUT2D eigenvalue weighted by molar-refractivity contribution is 5.46. The fraction of sp³-hybridized carbons (Fsp3) is 0.182. The molecule has 1 aliphatic carbocycles. The van der Waals surface area contributed by atoms with Crippen LogP contribution in [0.4, 0.5) is 0 Å². The first kappa shape index (κ1) is 6.95. The van der Waals surface area contributed by atoms with Crippen molar-refractivity contribution in [1.82, 2.24) is 0 Å². The van der Waals surface area contributed by atoms with Crippen molar-refractivity contribution in [2.75, 3.05) is 0 Å². The van der Waals surface area contributed by atoms with E-state index < -0.39 is 0 Å². The summed E-state index contributed by atoms with van der Waals surface area (Å²) >= 11 is 0. The van der Waals surface area contributed by atoms with Crippen LogP contribution in [0.25, 0.3) is 0 Å². The topological polar surface area (TPSA) is 23.8 Å². The fourth-order valence-electron chi connectivity index (χ4n) is 1.37. The fourth-order valence-corrected chi connectivity index (χ4v) is 1.37. The maximum Gasteiger partial charge on any atom is 0.152 e. The molecule has 0 saturated carbocycles. The molecule has 0 aliphatic heterocycles. The van der Waals surface area contributed by atoms with E-state index in [0.29, 0.717) is 0 Å². The molecule has 0 heterocycles. The predicted molar refractivity (Wildman–Crippen MR) is 46.3 cm³/mol. The third-order valence-electron chi connectivity index (χ3n) is 2.13. The molecule has 1 aliphatic rings. The van der Waals surface area contributed by atoms with Gasteiger partial charge in [-0.15, -0.1) is 0 Å². The zero-order valence-corrected chi connectivity index (χ0v) is 6.59. The Morgan fingerprint density at radius 3 is 2.58 bits per heavy atom. The largest absolute Gasteiger partial charge is 0.183 e. The Hall–Kier alpha value is -1.73. The summed E-state index contributed by atoms with van der Waals surface area (Å²) in [5.74, 6) is 5.18. The van der Waals surface area contributed by atoms with E-state index in [2.05, 4.69) is 24.0 Å². The molecule has 1 aromatic carbocycles. The maximum absolute atomic E-state index is 8.24. The molecule has 1 aromatic rings. The summed E-state index contributed by atoms with van der Waals surface area (Å²) in [5.41, 5.74) is 3.77. The molecule has 0 radical (unpaired) electrons. The van der Waals surface area contributed by atoms with Gasteiger partial charge in [0.2, 0.25) is 0 Å². The molecule has 0 atom stereocenters. The van der Waals surface area contributed by atoms with Crippen molar-refractivity contribution in [2.24, 2.45) is 0 Å². The van der Waals surface area contributed by atoms with Gasteiger partial charge in [0.25, 0.3) is 0 Å². The second-order valence-electron chi connectivity index (χ2n) is 2.85. The Balaban J connectivity index is 2.37. The lowest BCUT2D eigenvalue weighted by Crippen LogP contribution is -2.07. The van der Waals surface area contributed by atoms with Crippen LogP contribution < -0.4 is 0 Å². The van der Waals surface area contributed by atoms with Gasteiger partial charge in [-0.05, 0) is 36.1 Å². The number of hydrogen-bond donors (Lipinski definition) is 0. The Bertz CT molecular complexity index is 413. The molecule has 1 heteroatoms. The van der Waals surface area contributed by atoms with Crippen LogP contribution in [0.15, 0.2) is 18.2 Å². The quantitative estimate of drug-likeness (QED) is 0.520. The summed E-state index contributed by atoms with van der Waals surface area (Å²) in [4.78, 5) is 0. The van der Waals surface area contributed by atoms with Crippen LogP contribution in [-0.2, 0) is 12.8 Å². The summed E-state index contributed by atoms with van der Waals surface area (Å²) in [5, 5.41) is 8.24. The van der Waals surface area contributed by atoms with E-state index in [1.165, 1.54) is 17.5 Å². The molecule has 0 aromatic heterocycles. The van der Waals surface area contributed by atoms with Crippen LogP contribution >= 0.6 is 0 Å². The molecule has 2 rings (SSSR count). The number of rotatable bonds is 0. The first-order valence-electron chi connectivity index (χ1n) is 3.92. The lowest BCUT2D eigenvalue weighted by Gasteiger charge is -2.17. The van der Waals surface area contributed by atoms with Gasteiger partial charge in [-0.2, -0.15) is 5.26 Å². The van der Waals surface area contributed by atoms with Gasteiger partial charge in [-0.3, -0.25) is 0 Å². The summed E-state index contributed by atoms with van der Waals surface area (Å²) in [6, 6.07) is 7.95. The SMILES string of the molecule is N#CC#Cc1ccc2c(c1)CC2. The second kappa shape index (κ2) is 2.72. The minimum atomic E-state index is 0.954. The van der Waals surface area contributed by atoms with Gasteiger partial charge in [-0.1, -0.05) is 12.0 Å². The molecule has 0 fully saturated rings. The second-order valence-corrected chi connectivity index (χ2v) is 2.85. The molecule has 56 valence electrons. The summed E-state index contributed by atoms with van der Waals surface area (Å²) in [6.07, 6.45) is 2.36. The number of nitrogens with zero attached hydrogens (tertiary/aromatic N) is 1. The highest BCUT2D eigenvalue weighted by Gasteiger charge is 2.11. The van der Waals surface area contributed by atoms with E-state index in [-0.39, 0.29) is 0 Å². The average Bonchev–Trinajstić information content (AvgIpc) is 2.05. The molecule has 0 amide bonds. The van der Waals surface area contributed by atoms with Crippen molar-refractivity contribution in [3.63, 3.8) is 0 Å². The van der Waals surface area contributed by atoms with E-state index in [1.54, 1.807) is 0 Å². The van der Waals surface area contributed by atoms with Crippen molar-refractivity contribution >= 4 is 0 Å². The number of fused-ring (bicyclic) bond motifs is 1. The van der Waals surface area contributed by atoms with E-state index >= 15 is 0 Å². The minimum absolute atomic E-state index is 0.954. The summed E-state index contributed by atoms with van der Waals surface area (Å²) in [6.45, 7) is 0. The lowest BCUT2D eigenvalue weighted by atomic mass is 9.87. The van der Waals surface area contributed by atoms with E-state index in [0.717, 1.165) is 12.0 Å². The number of aryl methyl sites for hydroxylation is 2. The van der Waals surface area contributed by atoms with Gasteiger partial charge in [0.1, 0.15) is 0 Å². The smallest absolute Gasteiger partial charge is 0.152 e. The van der Waals surface area contributed by atoms with Gasteiger partial charge >= 0.3 is 0 Å². The maximum atomic E-state index is 8.24. The van der Waals surface area contributed by atoms with Gasteiger partial charge < -0.3 is 0 Å². The zero-order chi connectivity index (χ0) is 8.39. The molecule has 0 saturated heterocycles. The van der Waals surface area contributed by atoms with Crippen LogP contribution in [0.5, 0.6) is 0 Å². The molecule has 0 bridgehead atoms. The van der Waals surface area contributed by atoms with Crippen LogP contribution in [0.2, 0.25) is 0 Å². The third kappa shape index (κ3) is 1.06. The average molecular weight is 153 g/mol. The molecule has 0 spiro atoms.